The first-order valence-corrected chi connectivity index (χ1v) is 6.28. The molecule has 2 heteroatoms. The lowest BCUT2D eigenvalue weighted by atomic mass is 9.64. The molecule has 2 fully saturated rings. The lowest BCUT2D eigenvalue weighted by Gasteiger charge is -2.51. The predicted molar refractivity (Wildman–Crippen MR) is 62.7 cm³/mol. The lowest BCUT2D eigenvalue weighted by Crippen LogP contribution is -2.63. The predicted octanol–water partition coefficient (Wildman–Crippen LogP) is 2.31. The molecule has 0 saturated heterocycles. The molecule has 15 heavy (non-hydrogen) atoms. The van der Waals surface area contributed by atoms with E-state index in [2.05, 4.69) is 33.0 Å². The SMILES string of the molecule is CC1(C)CCCC1NC1CC(O)C1(C)C. The van der Waals surface area contributed by atoms with Gasteiger partial charge in [-0.25, -0.2) is 0 Å². The molecule has 2 saturated carbocycles. The van der Waals surface area contributed by atoms with Crippen LogP contribution in [0.3, 0.4) is 0 Å². The fourth-order valence-electron chi connectivity index (χ4n) is 3.06. The summed E-state index contributed by atoms with van der Waals surface area (Å²) in [7, 11) is 0. The molecule has 0 aliphatic heterocycles. The summed E-state index contributed by atoms with van der Waals surface area (Å²) < 4.78 is 0. The quantitative estimate of drug-likeness (QED) is 0.734. The molecule has 0 aromatic carbocycles. The highest BCUT2D eigenvalue weighted by molar-refractivity contribution is 5.04. The molecule has 2 N–H and O–H groups in total. The van der Waals surface area contributed by atoms with Gasteiger partial charge in [-0.2, -0.15) is 0 Å². The number of aliphatic hydroxyl groups is 1. The summed E-state index contributed by atoms with van der Waals surface area (Å²) in [5.41, 5.74) is 0.509. The fourth-order valence-corrected chi connectivity index (χ4v) is 3.06. The van der Waals surface area contributed by atoms with Gasteiger partial charge in [0.2, 0.25) is 0 Å². The van der Waals surface area contributed by atoms with Gasteiger partial charge in [0.1, 0.15) is 0 Å². The Bertz CT molecular complexity index is 247. The van der Waals surface area contributed by atoms with Crippen molar-refractivity contribution < 1.29 is 5.11 Å². The third kappa shape index (κ3) is 1.83. The average Bonchev–Trinajstić information content (AvgIpc) is 2.45. The topological polar surface area (TPSA) is 32.3 Å². The maximum absolute atomic E-state index is 9.71. The Hall–Kier alpha value is -0.0800. The standard InChI is InChI=1S/C13H25NO/c1-12(2)7-5-6-9(12)14-10-8-11(15)13(10,3)4/h9-11,14-15H,5-8H2,1-4H3. The lowest BCUT2D eigenvalue weighted by molar-refractivity contribution is -0.0790. The van der Waals surface area contributed by atoms with E-state index in [0.717, 1.165) is 6.42 Å². The van der Waals surface area contributed by atoms with Crippen molar-refractivity contribution in [2.45, 2.75) is 71.6 Å². The van der Waals surface area contributed by atoms with Crippen molar-refractivity contribution in [3.63, 3.8) is 0 Å². The first-order valence-electron chi connectivity index (χ1n) is 6.28. The van der Waals surface area contributed by atoms with Crippen LogP contribution in [0.15, 0.2) is 0 Å². The molecule has 2 nitrogen and oxygen atoms in total. The van der Waals surface area contributed by atoms with Crippen molar-refractivity contribution in [3.8, 4) is 0 Å². The first kappa shape index (κ1) is 11.4. The summed E-state index contributed by atoms with van der Waals surface area (Å²) in [5, 5.41) is 13.5. The van der Waals surface area contributed by atoms with Gasteiger partial charge in [-0.1, -0.05) is 34.1 Å². The van der Waals surface area contributed by atoms with Crippen LogP contribution in [-0.4, -0.2) is 23.3 Å². The Morgan fingerprint density at radius 3 is 2.20 bits per heavy atom. The number of aliphatic hydroxyl groups excluding tert-OH is 1. The van der Waals surface area contributed by atoms with Crippen LogP contribution in [0.1, 0.15) is 53.4 Å². The second-order valence-corrected chi connectivity index (χ2v) is 6.73. The first-order chi connectivity index (χ1) is 6.84. The van der Waals surface area contributed by atoms with Gasteiger partial charge in [0.25, 0.3) is 0 Å². The summed E-state index contributed by atoms with van der Waals surface area (Å²) in [5.74, 6) is 0. The maximum Gasteiger partial charge on any atom is 0.0621 e. The van der Waals surface area contributed by atoms with Gasteiger partial charge in [0.05, 0.1) is 6.10 Å². The van der Waals surface area contributed by atoms with Crippen molar-refractivity contribution >= 4 is 0 Å². The molecule has 2 aliphatic rings. The third-order valence-corrected chi connectivity index (χ3v) is 4.88. The highest BCUT2D eigenvalue weighted by Gasteiger charge is 2.49. The van der Waals surface area contributed by atoms with E-state index in [1.807, 2.05) is 0 Å². The minimum atomic E-state index is -0.112. The fraction of sp³-hybridized carbons (Fsp3) is 1.00. The van der Waals surface area contributed by atoms with Gasteiger partial charge in [-0.3, -0.25) is 0 Å². The Balaban J connectivity index is 1.94. The smallest absolute Gasteiger partial charge is 0.0621 e. The molecule has 0 heterocycles. The second kappa shape index (κ2) is 3.46. The Morgan fingerprint density at radius 1 is 1.13 bits per heavy atom. The largest absolute Gasteiger partial charge is 0.392 e. The zero-order valence-corrected chi connectivity index (χ0v) is 10.5. The summed E-state index contributed by atoms with van der Waals surface area (Å²) >= 11 is 0. The number of rotatable bonds is 2. The van der Waals surface area contributed by atoms with Crippen LogP contribution in [0.2, 0.25) is 0 Å². The van der Waals surface area contributed by atoms with Crippen LogP contribution in [0.4, 0.5) is 0 Å². The molecule has 0 amide bonds. The third-order valence-electron chi connectivity index (χ3n) is 4.88. The molecule has 3 unspecified atom stereocenters. The summed E-state index contributed by atoms with van der Waals surface area (Å²) in [6.07, 6.45) is 4.80. The molecule has 2 rings (SSSR count). The van der Waals surface area contributed by atoms with E-state index in [4.69, 9.17) is 0 Å². The molecule has 0 bridgehead atoms. The highest BCUT2D eigenvalue weighted by atomic mass is 16.3. The zero-order chi connectivity index (χ0) is 11.3. The zero-order valence-electron chi connectivity index (χ0n) is 10.5. The second-order valence-electron chi connectivity index (χ2n) is 6.73. The van der Waals surface area contributed by atoms with Crippen LogP contribution >= 0.6 is 0 Å². The van der Waals surface area contributed by atoms with Crippen molar-refractivity contribution in [1.29, 1.82) is 0 Å². The molecule has 0 aromatic rings. The Labute approximate surface area is 93.5 Å². The van der Waals surface area contributed by atoms with Gasteiger partial charge >= 0.3 is 0 Å². The average molecular weight is 211 g/mol. The molecular formula is C13H25NO. The minimum Gasteiger partial charge on any atom is -0.392 e. The Morgan fingerprint density at radius 2 is 1.80 bits per heavy atom. The Kier molecular flexibility index (Phi) is 2.63. The van der Waals surface area contributed by atoms with Crippen LogP contribution in [0.25, 0.3) is 0 Å². The summed E-state index contributed by atoms with van der Waals surface area (Å²) in [6.45, 7) is 9.06. The van der Waals surface area contributed by atoms with E-state index in [-0.39, 0.29) is 11.5 Å². The molecule has 88 valence electrons. The van der Waals surface area contributed by atoms with E-state index in [1.54, 1.807) is 0 Å². The van der Waals surface area contributed by atoms with Gasteiger partial charge in [0.15, 0.2) is 0 Å². The maximum atomic E-state index is 9.71. The monoisotopic (exact) mass is 211 g/mol. The van der Waals surface area contributed by atoms with Crippen molar-refractivity contribution in [1.82, 2.24) is 5.32 Å². The number of hydrogen-bond acceptors (Lipinski definition) is 2. The molecule has 0 radical (unpaired) electrons. The van der Waals surface area contributed by atoms with Gasteiger partial charge in [-0.15, -0.1) is 0 Å². The highest BCUT2D eigenvalue weighted by Crippen LogP contribution is 2.44. The molecule has 2 aliphatic carbocycles. The van der Waals surface area contributed by atoms with Gasteiger partial charge < -0.3 is 10.4 Å². The molecular weight excluding hydrogens is 186 g/mol. The van der Waals surface area contributed by atoms with E-state index in [9.17, 15) is 5.11 Å². The molecule has 0 spiro atoms. The normalized spacial score (nSPS) is 42.6. The van der Waals surface area contributed by atoms with Crippen LogP contribution < -0.4 is 5.32 Å². The van der Waals surface area contributed by atoms with Crippen LogP contribution in [0.5, 0.6) is 0 Å². The van der Waals surface area contributed by atoms with Crippen molar-refractivity contribution in [2.75, 3.05) is 0 Å². The molecule has 3 atom stereocenters. The number of hydrogen-bond donors (Lipinski definition) is 2. The summed E-state index contributed by atoms with van der Waals surface area (Å²) in [6, 6.07) is 1.16. The van der Waals surface area contributed by atoms with Crippen molar-refractivity contribution in [2.24, 2.45) is 10.8 Å². The van der Waals surface area contributed by atoms with Gasteiger partial charge in [0, 0.05) is 17.5 Å². The van der Waals surface area contributed by atoms with Crippen LogP contribution in [-0.2, 0) is 0 Å². The van der Waals surface area contributed by atoms with Crippen molar-refractivity contribution in [3.05, 3.63) is 0 Å². The van der Waals surface area contributed by atoms with E-state index in [0.29, 0.717) is 17.5 Å². The minimum absolute atomic E-state index is 0.0681. The number of nitrogens with one attached hydrogen (secondary N) is 1. The molecule has 0 aromatic heterocycles. The van der Waals surface area contributed by atoms with Crippen LogP contribution in [0, 0.1) is 10.8 Å². The van der Waals surface area contributed by atoms with E-state index < -0.39 is 0 Å². The van der Waals surface area contributed by atoms with E-state index >= 15 is 0 Å². The van der Waals surface area contributed by atoms with E-state index in [1.165, 1.54) is 19.3 Å². The summed E-state index contributed by atoms with van der Waals surface area (Å²) in [4.78, 5) is 0. The van der Waals surface area contributed by atoms with Gasteiger partial charge in [-0.05, 0) is 24.7 Å².